The highest BCUT2D eigenvalue weighted by atomic mass is 16.5. The minimum absolute atomic E-state index is 0.0722. The smallest absolute Gasteiger partial charge is 0.329 e. The standard InChI is InChI=1S/C12H9N3O4/c13-5-8-2-1-3-9(4-8)12-15-14-10(19-12)6-18-7-11(16)17/h1-4H,6-7H2,(H,16,17). The zero-order valence-electron chi connectivity index (χ0n) is 9.74. The number of hydrogen-bond donors (Lipinski definition) is 1. The van der Waals surface area contributed by atoms with Crippen molar-refractivity contribution in [3.05, 3.63) is 35.7 Å². The second kappa shape index (κ2) is 5.75. The third-order valence-electron chi connectivity index (χ3n) is 2.16. The number of ether oxygens (including phenoxy) is 1. The van der Waals surface area contributed by atoms with Crippen molar-refractivity contribution in [3.63, 3.8) is 0 Å². The molecule has 1 heterocycles. The Bertz CT molecular complexity index is 630. The summed E-state index contributed by atoms with van der Waals surface area (Å²) in [5.74, 6) is -0.633. The molecule has 0 fully saturated rings. The quantitative estimate of drug-likeness (QED) is 0.859. The number of aromatic nitrogens is 2. The highest BCUT2D eigenvalue weighted by Gasteiger charge is 2.09. The Morgan fingerprint density at radius 2 is 2.32 bits per heavy atom. The zero-order chi connectivity index (χ0) is 13.7. The summed E-state index contributed by atoms with van der Waals surface area (Å²) in [6.45, 7) is -0.501. The van der Waals surface area contributed by atoms with Crippen LogP contribution in [0, 0.1) is 11.3 Å². The van der Waals surface area contributed by atoms with E-state index in [0.717, 1.165) is 0 Å². The topological polar surface area (TPSA) is 109 Å². The SMILES string of the molecule is N#Cc1cccc(-c2nnc(COCC(=O)O)o2)c1. The van der Waals surface area contributed by atoms with Gasteiger partial charge in [0.2, 0.25) is 11.8 Å². The van der Waals surface area contributed by atoms with Crippen molar-refractivity contribution in [2.75, 3.05) is 6.61 Å². The number of hydrogen-bond acceptors (Lipinski definition) is 6. The van der Waals surface area contributed by atoms with Gasteiger partial charge >= 0.3 is 5.97 Å². The summed E-state index contributed by atoms with van der Waals surface area (Å²) in [5.41, 5.74) is 1.11. The van der Waals surface area contributed by atoms with Crippen LogP contribution >= 0.6 is 0 Å². The first-order valence-electron chi connectivity index (χ1n) is 5.31. The summed E-state index contributed by atoms with van der Waals surface area (Å²) in [6, 6.07) is 8.73. The Kier molecular flexibility index (Phi) is 3.85. The Morgan fingerprint density at radius 3 is 3.05 bits per heavy atom. The molecule has 7 nitrogen and oxygen atoms in total. The average molecular weight is 259 g/mol. The van der Waals surface area contributed by atoms with Gasteiger partial charge in [0.25, 0.3) is 0 Å². The number of benzene rings is 1. The molecule has 0 spiro atoms. The van der Waals surface area contributed by atoms with Crippen LogP contribution in [0.5, 0.6) is 0 Å². The van der Waals surface area contributed by atoms with Crippen LogP contribution in [0.2, 0.25) is 0 Å². The van der Waals surface area contributed by atoms with Crippen molar-refractivity contribution in [2.45, 2.75) is 6.61 Å². The highest BCUT2D eigenvalue weighted by molar-refractivity contribution is 5.67. The Morgan fingerprint density at radius 1 is 1.47 bits per heavy atom. The third-order valence-corrected chi connectivity index (χ3v) is 2.16. The Hall–Kier alpha value is -2.72. The van der Waals surface area contributed by atoms with E-state index in [2.05, 4.69) is 10.2 Å². The molecule has 1 aromatic carbocycles. The van der Waals surface area contributed by atoms with Crippen LogP contribution < -0.4 is 0 Å². The molecule has 19 heavy (non-hydrogen) atoms. The molecule has 0 amide bonds. The monoisotopic (exact) mass is 259 g/mol. The molecule has 0 radical (unpaired) electrons. The van der Waals surface area contributed by atoms with Crippen molar-refractivity contribution in [1.82, 2.24) is 10.2 Å². The lowest BCUT2D eigenvalue weighted by Crippen LogP contribution is -2.06. The molecule has 1 N–H and O–H groups in total. The van der Waals surface area contributed by atoms with E-state index in [4.69, 9.17) is 19.5 Å². The highest BCUT2D eigenvalue weighted by Crippen LogP contribution is 2.19. The molecular weight excluding hydrogens is 250 g/mol. The second-order valence-electron chi connectivity index (χ2n) is 3.58. The third kappa shape index (κ3) is 3.37. The summed E-state index contributed by atoms with van der Waals surface area (Å²) in [5, 5.41) is 24.7. The molecule has 0 atom stereocenters. The molecule has 1 aromatic heterocycles. The summed E-state index contributed by atoms with van der Waals surface area (Å²) in [7, 11) is 0. The molecule has 0 bridgehead atoms. The lowest BCUT2D eigenvalue weighted by Gasteiger charge is -1.96. The number of nitrogens with zero attached hydrogens (tertiary/aromatic N) is 3. The van der Waals surface area contributed by atoms with Crippen LogP contribution in [-0.2, 0) is 16.1 Å². The fourth-order valence-electron chi connectivity index (χ4n) is 1.38. The molecule has 0 saturated carbocycles. The lowest BCUT2D eigenvalue weighted by atomic mass is 10.1. The molecule has 0 saturated heterocycles. The Labute approximate surface area is 108 Å². The predicted octanol–water partition coefficient (Wildman–Crippen LogP) is 1.21. The van der Waals surface area contributed by atoms with Gasteiger partial charge in [-0.05, 0) is 18.2 Å². The first-order valence-corrected chi connectivity index (χ1v) is 5.31. The summed E-state index contributed by atoms with van der Waals surface area (Å²) in [4.78, 5) is 10.3. The van der Waals surface area contributed by atoms with Crippen LogP contribution in [0.15, 0.2) is 28.7 Å². The maximum Gasteiger partial charge on any atom is 0.329 e. The van der Waals surface area contributed by atoms with Crippen LogP contribution in [-0.4, -0.2) is 27.9 Å². The predicted molar refractivity (Wildman–Crippen MR) is 61.7 cm³/mol. The van der Waals surface area contributed by atoms with Gasteiger partial charge in [0, 0.05) is 5.56 Å². The normalized spacial score (nSPS) is 10.1. The van der Waals surface area contributed by atoms with Gasteiger partial charge in [-0.3, -0.25) is 0 Å². The van der Waals surface area contributed by atoms with Gasteiger partial charge in [-0.2, -0.15) is 5.26 Å². The number of nitriles is 1. The molecule has 2 aromatic rings. The van der Waals surface area contributed by atoms with Gasteiger partial charge in [0.15, 0.2) is 0 Å². The second-order valence-corrected chi connectivity index (χ2v) is 3.58. The van der Waals surface area contributed by atoms with Gasteiger partial charge in [0.1, 0.15) is 13.2 Å². The summed E-state index contributed by atoms with van der Waals surface area (Å²) >= 11 is 0. The first-order chi connectivity index (χ1) is 9.19. The lowest BCUT2D eigenvalue weighted by molar-refractivity contribution is -0.142. The van der Waals surface area contributed by atoms with Gasteiger partial charge < -0.3 is 14.3 Å². The van der Waals surface area contributed by atoms with E-state index in [0.29, 0.717) is 11.1 Å². The maximum atomic E-state index is 10.3. The molecule has 96 valence electrons. The van der Waals surface area contributed by atoms with Gasteiger partial charge in [0.05, 0.1) is 11.6 Å². The van der Waals surface area contributed by atoms with Crippen LogP contribution in [0.4, 0.5) is 0 Å². The van der Waals surface area contributed by atoms with E-state index < -0.39 is 12.6 Å². The van der Waals surface area contributed by atoms with E-state index in [9.17, 15) is 4.79 Å². The van der Waals surface area contributed by atoms with Crippen molar-refractivity contribution in [2.24, 2.45) is 0 Å². The maximum absolute atomic E-state index is 10.3. The summed E-state index contributed by atoms with van der Waals surface area (Å²) in [6.07, 6.45) is 0. The molecule has 0 unspecified atom stereocenters. The molecular formula is C12H9N3O4. The van der Waals surface area contributed by atoms with E-state index in [1.54, 1.807) is 24.3 Å². The van der Waals surface area contributed by atoms with Crippen molar-refractivity contribution >= 4 is 5.97 Å². The van der Waals surface area contributed by atoms with E-state index in [1.165, 1.54) is 0 Å². The van der Waals surface area contributed by atoms with Crippen LogP contribution in [0.1, 0.15) is 11.5 Å². The number of carboxylic acid groups (broad SMARTS) is 1. The van der Waals surface area contributed by atoms with Crippen molar-refractivity contribution in [1.29, 1.82) is 5.26 Å². The zero-order valence-corrected chi connectivity index (χ0v) is 9.74. The summed E-state index contributed by atoms with van der Waals surface area (Å²) < 4.78 is 10.1. The van der Waals surface area contributed by atoms with Gasteiger partial charge in [-0.1, -0.05) is 6.07 Å². The molecule has 0 aliphatic heterocycles. The first kappa shape index (κ1) is 12.7. The number of carbonyl (C=O) groups is 1. The minimum atomic E-state index is -1.07. The van der Waals surface area contributed by atoms with Crippen molar-refractivity contribution in [3.8, 4) is 17.5 Å². The largest absolute Gasteiger partial charge is 0.480 e. The van der Waals surface area contributed by atoms with E-state index >= 15 is 0 Å². The minimum Gasteiger partial charge on any atom is -0.480 e. The molecule has 7 heteroatoms. The van der Waals surface area contributed by atoms with Gasteiger partial charge in [-0.25, -0.2) is 4.79 Å². The molecule has 2 rings (SSSR count). The van der Waals surface area contributed by atoms with E-state index in [-0.39, 0.29) is 18.4 Å². The fourth-order valence-corrected chi connectivity index (χ4v) is 1.38. The van der Waals surface area contributed by atoms with Crippen molar-refractivity contribution < 1.29 is 19.1 Å². The Balaban J connectivity index is 2.08. The average Bonchev–Trinajstić information content (AvgIpc) is 2.87. The molecule has 0 aliphatic carbocycles. The van der Waals surface area contributed by atoms with Gasteiger partial charge in [-0.15, -0.1) is 10.2 Å². The molecule has 0 aliphatic rings. The van der Waals surface area contributed by atoms with E-state index in [1.807, 2.05) is 6.07 Å². The van der Waals surface area contributed by atoms with Crippen LogP contribution in [0.3, 0.4) is 0 Å². The number of rotatable bonds is 5. The number of aliphatic carboxylic acids is 1. The van der Waals surface area contributed by atoms with Crippen LogP contribution in [0.25, 0.3) is 11.5 Å². The number of carboxylic acids is 1. The fraction of sp³-hybridized carbons (Fsp3) is 0.167.